The third-order valence-electron chi connectivity index (χ3n) is 5.31. The van der Waals surface area contributed by atoms with Crippen LogP contribution in [0.4, 0.5) is 0 Å². The van der Waals surface area contributed by atoms with E-state index in [1.54, 1.807) is 17.0 Å². The molecule has 1 aliphatic heterocycles. The molecule has 2 aromatic carbocycles. The number of hydrogen-bond donors (Lipinski definition) is 0. The van der Waals surface area contributed by atoms with Crippen molar-refractivity contribution < 1.29 is 17.9 Å². The zero-order valence-electron chi connectivity index (χ0n) is 17.2. The summed E-state index contributed by atoms with van der Waals surface area (Å²) in [6.07, 6.45) is 0.276. The Labute approximate surface area is 173 Å². The van der Waals surface area contributed by atoms with E-state index < -0.39 is 10.0 Å². The number of ether oxygens (including phenoxy) is 1. The molecular formula is C22H28N2O4S. The van der Waals surface area contributed by atoms with Gasteiger partial charge in [0.1, 0.15) is 5.75 Å². The molecule has 0 N–H and O–H groups in total. The summed E-state index contributed by atoms with van der Waals surface area (Å²) in [7, 11) is -3.54. The van der Waals surface area contributed by atoms with E-state index in [1.807, 2.05) is 51.1 Å². The fourth-order valence-electron chi connectivity index (χ4n) is 3.25. The van der Waals surface area contributed by atoms with Gasteiger partial charge in [0.15, 0.2) is 0 Å². The van der Waals surface area contributed by atoms with Gasteiger partial charge >= 0.3 is 0 Å². The molecule has 0 saturated carbocycles. The number of piperazine rings is 1. The molecule has 0 aliphatic carbocycles. The van der Waals surface area contributed by atoms with Gasteiger partial charge in [0.05, 0.1) is 17.9 Å². The average Bonchev–Trinajstić information content (AvgIpc) is 2.71. The largest absolute Gasteiger partial charge is 0.493 e. The molecule has 156 valence electrons. The first-order chi connectivity index (χ1) is 13.8. The summed E-state index contributed by atoms with van der Waals surface area (Å²) in [5.74, 6) is 0.730. The molecule has 1 saturated heterocycles. The van der Waals surface area contributed by atoms with Gasteiger partial charge in [0.2, 0.25) is 15.9 Å². The minimum atomic E-state index is -3.54. The first-order valence-electron chi connectivity index (χ1n) is 9.82. The summed E-state index contributed by atoms with van der Waals surface area (Å²) in [5.41, 5.74) is 3.17. The van der Waals surface area contributed by atoms with Crippen LogP contribution >= 0.6 is 0 Å². The van der Waals surface area contributed by atoms with Crippen LogP contribution in [0.1, 0.15) is 23.1 Å². The molecule has 0 unspecified atom stereocenters. The Morgan fingerprint density at radius 3 is 2.21 bits per heavy atom. The van der Waals surface area contributed by atoms with Crippen molar-refractivity contribution in [1.82, 2.24) is 9.21 Å². The highest BCUT2D eigenvalue weighted by atomic mass is 32.2. The second-order valence-electron chi connectivity index (χ2n) is 7.44. The van der Waals surface area contributed by atoms with E-state index in [4.69, 9.17) is 4.74 Å². The third kappa shape index (κ3) is 5.16. The van der Waals surface area contributed by atoms with Gasteiger partial charge in [0.25, 0.3) is 0 Å². The van der Waals surface area contributed by atoms with Crippen LogP contribution in [-0.4, -0.2) is 56.3 Å². The van der Waals surface area contributed by atoms with Gasteiger partial charge in [-0.1, -0.05) is 23.8 Å². The zero-order valence-corrected chi connectivity index (χ0v) is 18.0. The van der Waals surface area contributed by atoms with Crippen LogP contribution in [0.2, 0.25) is 0 Å². The van der Waals surface area contributed by atoms with E-state index >= 15 is 0 Å². The van der Waals surface area contributed by atoms with Gasteiger partial charge in [0, 0.05) is 26.2 Å². The number of carbonyl (C=O) groups excluding carboxylic acids is 1. The van der Waals surface area contributed by atoms with Crippen LogP contribution in [0, 0.1) is 20.8 Å². The highest BCUT2D eigenvalue weighted by Crippen LogP contribution is 2.21. The summed E-state index contributed by atoms with van der Waals surface area (Å²) in [6.45, 7) is 7.58. The molecule has 0 radical (unpaired) electrons. The van der Waals surface area contributed by atoms with E-state index in [0.717, 1.165) is 22.4 Å². The number of sulfonamides is 1. The topological polar surface area (TPSA) is 66.9 Å². The van der Waals surface area contributed by atoms with Crippen LogP contribution in [-0.2, 0) is 14.8 Å². The molecule has 1 heterocycles. The summed E-state index contributed by atoms with van der Waals surface area (Å²) < 4.78 is 32.8. The first kappa shape index (κ1) is 21.3. The predicted molar refractivity (Wildman–Crippen MR) is 113 cm³/mol. The lowest BCUT2D eigenvalue weighted by Crippen LogP contribution is -2.50. The zero-order chi connectivity index (χ0) is 21.0. The van der Waals surface area contributed by atoms with E-state index in [0.29, 0.717) is 37.7 Å². The Bertz CT molecular complexity index is 963. The minimum Gasteiger partial charge on any atom is -0.493 e. The van der Waals surface area contributed by atoms with Gasteiger partial charge in [-0.25, -0.2) is 8.42 Å². The normalized spacial score (nSPS) is 15.3. The van der Waals surface area contributed by atoms with Crippen molar-refractivity contribution in [1.29, 1.82) is 0 Å². The van der Waals surface area contributed by atoms with Gasteiger partial charge in [-0.05, 0) is 56.2 Å². The second-order valence-corrected chi connectivity index (χ2v) is 9.38. The molecule has 0 spiro atoms. The van der Waals surface area contributed by atoms with Crippen LogP contribution in [0.5, 0.6) is 5.75 Å². The number of hydrogen-bond acceptors (Lipinski definition) is 4. The summed E-state index contributed by atoms with van der Waals surface area (Å²) in [6, 6.07) is 12.9. The predicted octanol–water partition coefficient (Wildman–Crippen LogP) is 2.91. The summed E-state index contributed by atoms with van der Waals surface area (Å²) in [4.78, 5) is 14.5. The lowest BCUT2D eigenvalue weighted by molar-refractivity contribution is -0.132. The maximum Gasteiger partial charge on any atom is 0.243 e. The maximum atomic E-state index is 12.9. The fraction of sp³-hybridized carbons (Fsp3) is 0.409. The third-order valence-corrected chi connectivity index (χ3v) is 7.21. The molecule has 1 fully saturated rings. The molecule has 0 aromatic heterocycles. The van der Waals surface area contributed by atoms with Gasteiger partial charge < -0.3 is 9.64 Å². The highest BCUT2D eigenvalue weighted by molar-refractivity contribution is 7.89. The molecule has 6 nitrogen and oxygen atoms in total. The Kier molecular flexibility index (Phi) is 6.59. The number of carbonyl (C=O) groups is 1. The number of benzene rings is 2. The fourth-order valence-corrected chi connectivity index (χ4v) is 4.76. The first-order valence-corrected chi connectivity index (χ1v) is 11.3. The molecule has 7 heteroatoms. The lowest BCUT2D eigenvalue weighted by Gasteiger charge is -2.34. The van der Waals surface area contributed by atoms with Gasteiger partial charge in [-0.15, -0.1) is 0 Å². The van der Waals surface area contributed by atoms with Crippen LogP contribution in [0.15, 0.2) is 47.4 Å². The Morgan fingerprint density at radius 1 is 0.931 bits per heavy atom. The lowest BCUT2D eigenvalue weighted by atomic mass is 10.1. The summed E-state index contributed by atoms with van der Waals surface area (Å²) >= 11 is 0. The molecular weight excluding hydrogens is 388 g/mol. The number of nitrogens with zero attached hydrogens (tertiary/aromatic N) is 2. The van der Waals surface area contributed by atoms with Crippen molar-refractivity contribution in [3.05, 3.63) is 59.2 Å². The Balaban J connectivity index is 1.50. The van der Waals surface area contributed by atoms with Crippen LogP contribution in [0.3, 0.4) is 0 Å². The van der Waals surface area contributed by atoms with Crippen molar-refractivity contribution in [2.45, 2.75) is 32.1 Å². The van der Waals surface area contributed by atoms with E-state index in [9.17, 15) is 13.2 Å². The quantitative estimate of drug-likeness (QED) is 0.726. The maximum absolute atomic E-state index is 12.9. The monoisotopic (exact) mass is 416 g/mol. The van der Waals surface area contributed by atoms with Crippen molar-refractivity contribution in [3.8, 4) is 5.75 Å². The van der Waals surface area contributed by atoms with Crippen molar-refractivity contribution >= 4 is 15.9 Å². The van der Waals surface area contributed by atoms with Gasteiger partial charge in [-0.2, -0.15) is 4.31 Å². The molecule has 0 atom stereocenters. The second kappa shape index (κ2) is 8.97. The van der Waals surface area contributed by atoms with Crippen molar-refractivity contribution in [3.63, 3.8) is 0 Å². The highest BCUT2D eigenvalue weighted by Gasteiger charge is 2.30. The van der Waals surface area contributed by atoms with E-state index in [1.165, 1.54) is 4.31 Å². The number of amides is 1. The standard InChI is InChI=1S/C22H28N2O4S/c1-17-4-7-20(8-5-17)28-15-10-22(25)23-11-13-24(14-12-23)29(26,27)21-9-6-18(2)19(3)16-21/h4-9,16H,10-15H2,1-3H3. The number of rotatable bonds is 6. The molecule has 2 aromatic rings. The number of aryl methyl sites for hydroxylation is 3. The van der Waals surface area contributed by atoms with Crippen LogP contribution in [0.25, 0.3) is 0 Å². The van der Waals surface area contributed by atoms with Gasteiger partial charge in [-0.3, -0.25) is 4.79 Å². The molecule has 3 rings (SSSR count). The average molecular weight is 417 g/mol. The smallest absolute Gasteiger partial charge is 0.243 e. The van der Waals surface area contributed by atoms with Crippen molar-refractivity contribution in [2.75, 3.05) is 32.8 Å². The Morgan fingerprint density at radius 2 is 1.59 bits per heavy atom. The molecule has 1 aliphatic rings. The van der Waals surface area contributed by atoms with E-state index in [-0.39, 0.29) is 12.3 Å². The van der Waals surface area contributed by atoms with E-state index in [2.05, 4.69) is 0 Å². The van der Waals surface area contributed by atoms with Crippen molar-refractivity contribution in [2.24, 2.45) is 0 Å². The molecule has 1 amide bonds. The molecule has 29 heavy (non-hydrogen) atoms. The summed E-state index contributed by atoms with van der Waals surface area (Å²) in [5, 5.41) is 0. The Hall–Kier alpha value is -2.38. The molecule has 0 bridgehead atoms. The minimum absolute atomic E-state index is 0.0136. The SMILES string of the molecule is Cc1ccc(OCCC(=O)N2CCN(S(=O)(=O)c3ccc(C)c(C)c3)CC2)cc1. The van der Waals surface area contributed by atoms with Crippen LogP contribution < -0.4 is 4.74 Å².